The predicted octanol–water partition coefficient (Wildman–Crippen LogP) is 4.17. The first-order valence-electron chi connectivity index (χ1n) is 7.78. The van der Waals surface area contributed by atoms with Crippen LogP contribution < -0.4 is 10.1 Å². The number of hydrogen-bond acceptors (Lipinski definition) is 3. The Labute approximate surface area is 144 Å². The molecular weight excluding hydrogens is 325 g/mol. The molecule has 5 heteroatoms. The van der Waals surface area contributed by atoms with Gasteiger partial charge in [-0.25, -0.2) is 4.39 Å². The van der Waals surface area contributed by atoms with Crippen molar-refractivity contribution in [3.05, 3.63) is 65.3 Å². The lowest BCUT2D eigenvalue weighted by molar-refractivity contribution is -0.127. The molecule has 1 amide bonds. The van der Waals surface area contributed by atoms with Crippen LogP contribution in [-0.2, 0) is 11.2 Å². The van der Waals surface area contributed by atoms with Crippen molar-refractivity contribution in [2.24, 2.45) is 0 Å². The minimum absolute atomic E-state index is 0.209. The van der Waals surface area contributed by atoms with Crippen LogP contribution in [0.1, 0.15) is 12.5 Å². The number of fused-ring (bicyclic) bond motifs is 1. The second-order valence-electron chi connectivity index (χ2n) is 5.52. The van der Waals surface area contributed by atoms with Crippen molar-refractivity contribution in [1.82, 2.24) is 5.32 Å². The number of carbonyl (C=O) groups is 1. The van der Waals surface area contributed by atoms with Crippen molar-refractivity contribution >= 4 is 27.3 Å². The van der Waals surface area contributed by atoms with Crippen molar-refractivity contribution in [2.45, 2.75) is 19.4 Å². The van der Waals surface area contributed by atoms with Gasteiger partial charge in [-0.15, -0.1) is 11.3 Å². The van der Waals surface area contributed by atoms with Crippen LogP contribution in [0.25, 0.3) is 10.1 Å². The molecule has 0 aliphatic carbocycles. The summed E-state index contributed by atoms with van der Waals surface area (Å²) in [4.78, 5) is 12.1. The molecule has 2 aromatic carbocycles. The summed E-state index contributed by atoms with van der Waals surface area (Å²) in [5.74, 6) is -0.246. The third-order valence-electron chi connectivity index (χ3n) is 3.73. The summed E-state index contributed by atoms with van der Waals surface area (Å²) in [7, 11) is 0. The molecular formula is C19H18FNO2S. The zero-order valence-corrected chi connectivity index (χ0v) is 14.1. The van der Waals surface area contributed by atoms with Gasteiger partial charge in [0.1, 0.15) is 11.6 Å². The highest BCUT2D eigenvalue weighted by Crippen LogP contribution is 2.25. The highest BCUT2D eigenvalue weighted by Gasteiger charge is 2.14. The van der Waals surface area contributed by atoms with Crippen LogP contribution in [0.3, 0.4) is 0 Å². The van der Waals surface area contributed by atoms with Crippen LogP contribution in [0.15, 0.2) is 53.9 Å². The van der Waals surface area contributed by atoms with E-state index in [1.54, 1.807) is 30.4 Å². The maximum absolute atomic E-state index is 13.1. The van der Waals surface area contributed by atoms with Gasteiger partial charge in [0, 0.05) is 17.3 Å². The second-order valence-corrected chi connectivity index (χ2v) is 6.43. The van der Waals surface area contributed by atoms with Gasteiger partial charge in [0.05, 0.1) is 0 Å². The Hall–Kier alpha value is -2.40. The third kappa shape index (κ3) is 3.92. The molecule has 1 unspecified atom stereocenters. The summed E-state index contributed by atoms with van der Waals surface area (Å²) in [6, 6.07) is 14.0. The third-order valence-corrected chi connectivity index (χ3v) is 4.75. The fourth-order valence-electron chi connectivity index (χ4n) is 2.49. The summed E-state index contributed by atoms with van der Waals surface area (Å²) in [6.07, 6.45) is 0.0913. The first-order valence-corrected chi connectivity index (χ1v) is 8.66. The van der Waals surface area contributed by atoms with Crippen LogP contribution in [0.4, 0.5) is 4.39 Å². The van der Waals surface area contributed by atoms with Gasteiger partial charge in [-0.3, -0.25) is 4.79 Å². The van der Waals surface area contributed by atoms with Crippen molar-refractivity contribution in [3.8, 4) is 5.75 Å². The molecule has 0 radical (unpaired) electrons. The Balaban J connectivity index is 1.51. The van der Waals surface area contributed by atoms with E-state index in [4.69, 9.17) is 4.74 Å². The standard InChI is InChI=1S/C19H18FNO2S/c1-13(23-16-6-4-5-15(20)11-16)19(22)21-10-9-14-12-24-18-8-3-2-7-17(14)18/h2-8,11-13H,9-10H2,1H3,(H,21,22). The summed E-state index contributed by atoms with van der Waals surface area (Å²) in [6.45, 7) is 2.19. The molecule has 0 aliphatic heterocycles. The minimum Gasteiger partial charge on any atom is -0.481 e. The number of amides is 1. The summed E-state index contributed by atoms with van der Waals surface area (Å²) >= 11 is 1.71. The van der Waals surface area contributed by atoms with E-state index in [9.17, 15) is 9.18 Å². The summed E-state index contributed by atoms with van der Waals surface area (Å²) < 4.78 is 19.8. The van der Waals surface area contributed by atoms with Crippen LogP contribution in [0.2, 0.25) is 0 Å². The number of hydrogen-bond donors (Lipinski definition) is 1. The Kier molecular flexibility index (Phi) is 5.11. The van der Waals surface area contributed by atoms with Gasteiger partial charge in [0.15, 0.2) is 6.10 Å². The lowest BCUT2D eigenvalue weighted by Crippen LogP contribution is -2.37. The van der Waals surface area contributed by atoms with E-state index >= 15 is 0 Å². The molecule has 1 N–H and O–H groups in total. The average molecular weight is 343 g/mol. The molecule has 0 spiro atoms. The molecule has 3 rings (SSSR count). The molecule has 3 aromatic rings. The number of benzene rings is 2. The van der Waals surface area contributed by atoms with Crippen molar-refractivity contribution in [1.29, 1.82) is 0 Å². The number of nitrogens with one attached hydrogen (secondary N) is 1. The van der Waals surface area contributed by atoms with Gasteiger partial charge in [-0.2, -0.15) is 0 Å². The smallest absolute Gasteiger partial charge is 0.260 e. The van der Waals surface area contributed by atoms with E-state index < -0.39 is 6.10 Å². The topological polar surface area (TPSA) is 38.3 Å². The Morgan fingerprint density at radius 1 is 1.25 bits per heavy atom. The van der Waals surface area contributed by atoms with Crippen LogP contribution in [0, 0.1) is 5.82 Å². The molecule has 0 fully saturated rings. The first kappa shape index (κ1) is 16.5. The van der Waals surface area contributed by atoms with Gasteiger partial charge < -0.3 is 10.1 Å². The second kappa shape index (κ2) is 7.45. The molecule has 24 heavy (non-hydrogen) atoms. The van der Waals surface area contributed by atoms with Gasteiger partial charge >= 0.3 is 0 Å². The molecule has 0 aliphatic rings. The van der Waals surface area contributed by atoms with Crippen molar-refractivity contribution < 1.29 is 13.9 Å². The molecule has 1 atom stereocenters. The van der Waals surface area contributed by atoms with Crippen LogP contribution >= 0.6 is 11.3 Å². The molecule has 124 valence electrons. The van der Waals surface area contributed by atoms with Crippen LogP contribution in [-0.4, -0.2) is 18.6 Å². The zero-order valence-electron chi connectivity index (χ0n) is 13.3. The van der Waals surface area contributed by atoms with Crippen molar-refractivity contribution in [3.63, 3.8) is 0 Å². The van der Waals surface area contributed by atoms with E-state index in [0.717, 1.165) is 6.42 Å². The maximum Gasteiger partial charge on any atom is 0.260 e. The number of thiophene rings is 1. The molecule has 0 bridgehead atoms. The number of ether oxygens (including phenoxy) is 1. The monoisotopic (exact) mass is 343 g/mol. The molecule has 1 aromatic heterocycles. The number of halogens is 1. The van der Waals surface area contributed by atoms with Gasteiger partial charge in [-0.05, 0) is 47.9 Å². The summed E-state index contributed by atoms with van der Waals surface area (Å²) in [5.41, 5.74) is 1.23. The predicted molar refractivity (Wildman–Crippen MR) is 95.0 cm³/mol. The van der Waals surface area contributed by atoms with Crippen LogP contribution in [0.5, 0.6) is 5.75 Å². The van der Waals surface area contributed by atoms with E-state index in [-0.39, 0.29) is 11.7 Å². The number of rotatable bonds is 6. The van der Waals surface area contributed by atoms with E-state index in [2.05, 4.69) is 22.8 Å². The van der Waals surface area contributed by atoms with E-state index in [1.807, 2.05) is 12.1 Å². The molecule has 3 nitrogen and oxygen atoms in total. The molecule has 0 saturated heterocycles. The Bertz CT molecular complexity index is 846. The van der Waals surface area contributed by atoms with Gasteiger partial charge in [0.25, 0.3) is 5.91 Å². The average Bonchev–Trinajstić information content (AvgIpc) is 2.98. The quantitative estimate of drug-likeness (QED) is 0.730. The number of carbonyl (C=O) groups excluding carboxylic acids is 1. The van der Waals surface area contributed by atoms with Gasteiger partial charge in [0.2, 0.25) is 0 Å². The van der Waals surface area contributed by atoms with Crippen molar-refractivity contribution in [2.75, 3.05) is 6.54 Å². The highest BCUT2D eigenvalue weighted by atomic mass is 32.1. The molecule has 0 saturated carbocycles. The SMILES string of the molecule is CC(Oc1cccc(F)c1)C(=O)NCCc1csc2ccccc12. The minimum atomic E-state index is -0.675. The Morgan fingerprint density at radius 2 is 2.08 bits per heavy atom. The Morgan fingerprint density at radius 3 is 2.92 bits per heavy atom. The highest BCUT2D eigenvalue weighted by molar-refractivity contribution is 7.17. The largest absolute Gasteiger partial charge is 0.481 e. The lowest BCUT2D eigenvalue weighted by atomic mass is 10.1. The fourth-order valence-corrected chi connectivity index (χ4v) is 3.49. The van der Waals surface area contributed by atoms with E-state index in [0.29, 0.717) is 12.3 Å². The summed E-state index contributed by atoms with van der Waals surface area (Å²) in [5, 5.41) is 6.23. The normalized spacial score (nSPS) is 12.1. The lowest BCUT2D eigenvalue weighted by Gasteiger charge is -2.14. The fraction of sp³-hybridized carbons (Fsp3) is 0.211. The van der Waals surface area contributed by atoms with E-state index in [1.165, 1.54) is 27.8 Å². The zero-order chi connectivity index (χ0) is 16.9. The maximum atomic E-state index is 13.1. The molecule has 1 heterocycles. The van der Waals surface area contributed by atoms with Gasteiger partial charge in [-0.1, -0.05) is 24.3 Å². The first-order chi connectivity index (χ1) is 11.6.